The van der Waals surface area contributed by atoms with Gasteiger partial charge in [0.1, 0.15) is 13.2 Å². The Morgan fingerprint density at radius 2 is 1.88 bits per heavy atom. The molecule has 0 fully saturated rings. The third-order valence-electron chi connectivity index (χ3n) is 5.35. The van der Waals surface area contributed by atoms with Crippen molar-refractivity contribution < 1.29 is 14.6 Å². The predicted octanol–water partition coefficient (Wildman–Crippen LogP) is 2.60. The Hall–Kier alpha value is -3.10. The Kier molecular flexibility index (Phi) is 7.24. The molecule has 4 rings (SSSR count). The molecule has 32 heavy (non-hydrogen) atoms. The fraction of sp³-hybridized carbons (Fsp3) is 0.333. The van der Waals surface area contributed by atoms with Gasteiger partial charge in [0.25, 0.3) is 5.56 Å². The third-order valence-corrected chi connectivity index (χ3v) is 5.75. The number of benzene rings is 2. The highest BCUT2D eigenvalue weighted by Gasteiger charge is 2.16. The number of nitrogens with zero attached hydrogens (tertiary/aromatic N) is 1. The van der Waals surface area contributed by atoms with Crippen LogP contribution in [0, 0.1) is 0 Å². The molecule has 2 aromatic carbocycles. The van der Waals surface area contributed by atoms with Crippen LogP contribution in [0.1, 0.15) is 17.5 Å². The molecule has 3 N–H and O–H groups in total. The van der Waals surface area contributed by atoms with Crippen LogP contribution in [-0.4, -0.2) is 53.0 Å². The molecule has 0 atom stereocenters. The van der Waals surface area contributed by atoms with Crippen molar-refractivity contribution in [2.24, 2.45) is 0 Å². The number of thiocarbonyl (C=S) groups is 1. The highest BCUT2D eigenvalue weighted by atomic mass is 32.1. The second kappa shape index (κ2) is 10.5. The van der Waals surface area contributed by atoms with Crippen molar-refractivity contribution in [1.29, 1.82) is 0 Å². The summed E-state index contributed by atoms with van der Waals surface area (Å²) in [6, 6.07) is 15.7. The van der Waals surface area contributed by atoms with Crippen molar-refractivity contribution >= 4 is 28.2 Å². The van der Waals surface area contributed by atoms with Gasteiger partial charge in [-0.15, -0.1) is 0 Å². The lowest BCUT2D eigenvalue weighted by atomic mass is 10.1. The summed E-state index contributed by atoms with van der Waals surface area (Å²) < 4.78 is 11.3. The predicted molar refractivity (Wildman–Crippen MR) is 128 cm³/mol. The molecule has 0 saturated heterocycles. The van der Waals surface area contributed by atoms with Gasteiger partial charge in [0.2, 0.25) is 0 Å². The number of aromatic amines is 1. The summed E-state index contributed by atoms with van der Waals surface area (Å²) in [5.41, 5.74) is 2.35. The van der Waals surface area contributed by atoms with Crippen LogP contribution in [-0.2, 0) is 13.0 Å². The molecule has 1 aliphatic rings. The Balaban J connectivity index is 1.49. The van der Waals surface area contributed by atoms with Crippen molar-refractivity contribution in [3.05, 3.63) is 70.0 Å². The number of hydrogen-bond donors (Lipinski definition) is 3. The third kappa shape index (κ3) is 5.38. The number of hydrogen-bond acceptors (Lipinski definition) is 5. The molecule has 8 heteroatoms. The van der Waals surface area contributed by atoms with Crippen molar-refractivity contribution in [1.82, 2.24) is 15.2 Å². The summed E-state index contributed by atoms with van der Waals surface area (Å²) >= 11 is 5.61. The van der Waals surface area contributed by atoms with Crippen LogP contribution in [0.3, 0.4) is 0 Å². The van der Waals surface area contributed by atoms with Crippen molar-refractivity contribution in [3.8, 4) is 11.5 Å². The first-order chi connectivity index (χ1) is 15.6. The minimum Gasteiger partial charge on any atom is -0.486 e. The van der Waals surface area contributed by atoms with Gasteiger partial charge in [-0.3, -0.25) is 4.79 Å². The number of aliphatic hydroxyl groups is 1. The van der Waals surface area contributed by atoms with Gasteiger partial charge >= 0.3 is 0 Å². The SMILES string of the molecule is O=c1[nH]c2cc3c(cc2cc1CN(CCCO)C(=S)NCCc1ccccc1)OCCO3. The number of pyridine rings is 1. The van der Waals surface area contributed by atoms with E-state index in [9.17, 15) is 9.90 Å². The zero-order valence-electron chi connectivity index (χ0n) is 17.8. The second-order valence-electron chi connectivity index (χ2n) is 7.67. The fourth-order valence-corrected chi connectivity index (χ4v) is 3.95. The quantitative estimate of drug-likeness (QED) is 0.452. The number of fused-ring (bicyclic) bond motifs is 2. The van der Waals surface area contributed by atoms with Crippen molar-refractivity contribution in [2.75, 3.05) is 32.9 Å². The average molecular weight is 454 g/mol. The Labute approximate surface area is 192 Å². The number of rotatable bonds is 8. The van der Waals surface area contributed by atoms with Gasteiger partial charge in [0.15, 0.2) is 16.6 Å². The molecule has 2 heterocycles. The molecule has 3 aromatic rings. The Bertz CT molecular complexity index is 1130. The molecule has 1 aliphatic heterocycles. The van der Waals surface area contributed by atoms with Gasteiger partial charge in [-0.2, -0.15) is 0 Å². The largest absolute Gasteiger partial charge is 0.486 e. The van der Waals surface area contributed by atoms with Crippen LogP contribution in [0.2, 0.25) is 0 Å². The van der Waals surface area contributed by atoms with Crippen LogP contribution in [0.4, 0.5) is 0 Å². The number of aliphatic hydroxyl groups excluding tert-OH is 1. The minimum atomic E-state index is -0.171. The molecule has 0 aliphatic carbocycles. The van der Waals surface area contributed by atoms with Crippen molar-refractivity contribution in [3.63, 3.8) is 0 Å². The zero-order chi connectivity index (χ0) is 22.3. The van der Waals surface area contributed by atoms with Gasteiger partial charge in [0, 0.05) is 36.7 Å². The molecular formula is C24H27N3O4S. The summed E-state index contributed by atoms with van der Waals surface area (Å²) in [7, 11) is 0. The Morgan fingerprint density at radius 1 is 1.12 bits per heavy atom. The van der Waals surface area contributed by atoms with Gasteiger partial charge in [-0.1, -0.05) is 30.3 Å². The van der Waals surface area contributed by atoms with E-state index in [1.165, 1.54) is 5.56 Å². The molecule has 0 unspecified atom stereocenters. The summed E-state index contributed by atoms with van der Waals surface area (Å²) in [5, 5.41) is 14.0. The van der Waals surface area contributed by atoms with Gasteiger partial charge in [0.05, 0.1) is 12.1 Å². The van der Waals surface area contributed by atoms with E-state index < -0.39 is 0 Å². The van der Waals surface area contributed by atoms with E-state index in [1.807, 2.05) is 35.2 Å². The molecule has 7 nitrogen and oxygen atoms in total. The van der Waals surface area contributed by atoms with E-state index in [-0.39, 0.29) is 12.2 Å². The zero-order valence-corrected chi connectivity index (χ0v) is 18.6. The molecular weight excluding hydrogens is 426 g/mol. The number of aromatic nitrogens is 1. The first-order valence-electron chi connectivity index (χ1n) is 10.8. The Morgan fingerprint density at radius 3 is 2.62 bits per heavy atom. The summed E-state index contributed by atoms with van der Waals surface area (Å²) in [6.45, 7) is 2.64. The molecule has 0 amide bonds. The monoisotopic (exact) mass is 453 g/mol. The lowest BCUT2D eigenvalue weighted by Gasteiger charge is -2.26. The first kappa shape index (κ1) is 22.1. The maximum Gasteiger partial charge on any atom is 0.253 e. The lowest BCUT2D eigenvalue weighted by molar-refractivity contribution is 0.172. The van der Waals surface area contributed by atoms with Crippen LogP contribution >= 0.6 is 12.2 Å². The van der Waals surface area contributed by atoms with Crippen LogP contribution in [0.15, 0.2) is 53.3 Å². The van der Waals surface area contributed by atoms with Crippen molar-refractivity contribution in [2.45, 2.75) is 19.4 Å². The van der Waals surface area contributed by atoms with Gasteiger partial charge < -0.3 is 29.8 Å². The van der Waals surface area contributed by atoms with Crippen LogP contribution < -0.4 is 20.3 Å². The number of ether oxygens (including phenoxy) is 2. The lowest BCUT2D eigenvalue weighted by Crippen LogP contribution is -2.41. The fourth-order valence-electron chi connectivity index (χ4n) is 3.70. The van der Waals surface area contributed by atoms with E-state index in [1.54, 1.807) is 6.07 Å². The number of nitrogens with one attached hydrogen (secondary N) is 2. The van der Waals surface area contributed by atoms with E-state index in [2.05, 4.69) is 22.4 Å². The van der Waals surface area contributed by atoms with Crippen LogP contribution in [0.25, 0.3) is 10.9 Å². The maximum absolute atomic E-state index is 12.8. The van der Waals surface area contributed by atoms with Crippen LogP contribution in [0.5, 0.6) is 11.5 Å². The molecule has 0 bridgehead atoms. The smallest absolute Gasteiger partial charge is 0.253 e. The number of H-pyrrole nitrogens is 1. The van der Waals surface area contributed by atoms with E-state index in [0.717, 1.165) is 11.8 Å². The highest BCUT2D eigenvalue weighted by Crippen LogP contribution is 2.33. The maximum atomic E-state index is 12.8. The summed E-state index contributed by atoms with van der Waals surface area (Å²) in [6.07, 6.45) is 1.41. The van der Waals surface area contributed by atoms with E-state index >= 15 is 0 Å². The minimum absolute atomic E-state index is 0.0562. The summed E-state index contributed by atoms with van der Waals surface area (Å²) in [4.78, 5) is 17.6. The summed E-state index contributed by atoms with van der Waals surface area (Å²) in [5.74, 6) is 1.32. The van der Waals surface area contributed by atoms with Gasteiger partial charge in [-0.05, 0) is 42.8 Å². The average Bonchev–Trinajstić information content (AvgIpc) is 2.81. The normalized spacial score (nSPS) is 12.5. The first-order valence-corrected chi connectivity index (χ1v) is 11.2. The molecule has 0 saturated carbocycles. The molecule has 168 valence electrons. The van der Waals surface area contributed by atoms with Gasteiger partial charge in [-0.25, -0.2) is 0 Å². The van der Waals surface area contributed by atoms with E-state index in [0.29, 0.717) is 67.0 Å². The topological polar surface area (TPSA) is 86.8 Å². The second-order valence-corrected chi connectivity index (χ2v) is 8.06. The highest BCUT2D eigenvalue weighted by molar-refractivity contribution is 7.80. The molecule has 1 aromatic heterocycles. The van der Waals surface area contributed by atoms with E-state index in [4.69, 9.17) is 21.7 Å². The molecule has 0 radical (unpaired) electrons. The standard InChI is InChI=1S/C24H27N3O4S/c28-10-4-9-27(24(32)25-8-7-17-5-2-1-3-6-17)16-19-13-18-14-21-22(31-12-11-30-21)15-20(18)26-23(19)29/h1-3,5-6,13-15,28H,4,7-12,16H2,(H,25,32)(H,26,29). The molecule has 0 spiro atoms.